The maximum Gasteiger partial charge on any atom is 0.137 e. The van der Waals surface area contributed by atoms with Crippen LogP contribution >= 0.6 is 0 Å². The highest BCUT2D eigenvalue weighted by Crippen LogP contribution is 2.31. The van der Waals surface area contributed by atoms with Crippen molar-refractivity contribution in [3.8, 4) is 5.75 Å². The van der Waals surface area contributed by atoms with Crippen LogP contribution in [0.5, 0.6) is 5.75 Å². The summed E-state index contributed by atoms with van der Waals surface area (Å²) in [6.45, 7) is 11.1. The predicted molar refractivity (Wildman–Crippen MR) is 87.9 cm³/mol. The first-order valence-corrected chi connectivity index (χ1v) is 7.27. The molecule has 0 unspecified atom stereocenters. The fourth-order valence-electron chi connectivity index (χ4n) is 2.95. The number of nitrogens with zero attached hydrogens (tertiary/aromatic N) is 2. The molecule has 2 aromatic rings. The lowest BCUT2D eigenvalue weighted by Crippen LogP contribution is -2.35. The molecule has 0 aliphatic heterocycles. The van der Waals surface area contributed by atoms with Crippen LogP contribution in [0.25, 0.3) is 10.9 Å². The van der Waals surface area contributed by atoms with Crippen molar-refractivity contribution in [2.75, 3.05) is 12.4 Å². The topological polar surface area (TPSA) is 47.0 Å². The fraction of sp³-hybridized carbons (Fsp3) is 0.529. The fourth-order valence-corrected chi connectivity index (χ4v) is 2.95. The normalized spacial score (nSPS) is 12.5. The average Bonchev–Trinajstić information content (AvgIpc) is 2.35. The number of rotatable bonds is 4. The monoisotopic (exact) mass is 287 g/mol. The van der Waals surface area contributed by atoms with Crippen molar-refractivity contribution < 1.29 is 4.74 Å². The maximum absolute atomic E-state index is 5.30. The SMILES string of the molecule is COc1ccc2ncnc(NC(C)(C)CC(C)(C)C)c2c1. The summed E-state index contributed by atoms with van der Waals surface area (Å²) in [6, 6.07) is 5.85. The van der Waals surface area contributed by atoms with Crippen molar-refractivity contribution in [1.29, 1.82) is 0 Å². The van der Waals surface area contributed by atoms with Crippen LogP contribution in [-0.2, 0) is 0 Å². The van der Waals surface area contributed by atoms with E-state index < -0.39 is 0 Å². The molecule has 0 radical (unpaired) electrons. The van der Waals surface area contributed by atoms with Crippen LogP contribution in [0.1, 0.15) is 41.0 Å². The smallest absolute Gasteiger partial charge is 0.137 e. The van der Waals surface area contributed by atoms with Crippen LogP contribution in [0, 0.1) is 5.41 Å². The Morgan fingerprint density at radius 2 is 1.81 bits per heavy atom. The van der Waals surface area contributed by atoms with Gasteiger partial charge in [0, 0.05) is 10.9 Å². The molecule has 0 amide bonds. The Bertz CT molecular complexity index is 629. The van der Waals surface area contributed by atoms with E-state index in [9.17, 15) is 0 Å². The molecule has 0 spiro atoms. The van der Waals surface area contributed by atoms with Crippen LogP contribution in [0.15, 0.2) is 24.5 Å². The van der Waals surface area contributed by atoms with Crippen molar-refractivity contribution in [2.45, 2.75) is 46.6 Å². The minimum absolute atomic E-state index is 0.0530. The minimum Gasteiger partial charge on any atom is -0.497 e. The zero-order valence-corrected chi connectivity index (χ0v) is 13.8. The van der Waals surface area contributed by atoms with E-state index in [2.05, 4.69) is 49.9 Å². The van der Waals surface area contributed by atoms with Gasteiger partial charge in [-0.25, -0.2) is 9.97 Å². The lowest BCUT2D eigenvalue weighted by molar-refractivity contribution is 0.302. The summed E-state index contributed by atoms with van der Waals surface area (Å²) < 4.78 is 5.30. The zero-order chi connectivity index (χ0) is 15.7. The van der Waals surface area contributed by atoms with Crippen LogP contribution in [0.4, 0.5) is 5.82 Å². The van der Waals surface area contributed by atoms with Crippen molar-refractivity contribution in [3.05, 3.63) is 24.5 Å². The van der Waals surface area contributed by atoms with E-state index in [1.807, 2.05) is 18.2 Å². The molecule has 0 aliphatic carbocycles. The molecular weight excluding hydrogens is 262 g/mol. The van der Waals surface area contributed by atoms with Gasteiger partial charge in [-0.05, 0) is 43.9 Å². The molecule has 2 rings (SSSR count). The third-order valence-corrected chi connectivity index (χ3v) is 3.27. The highest BCUT2D eigenvalue weighted by Gasteiger charge is 2.26. The maximum atomic E-state index is 5.30. The van der Waals surface area contributed by atoms with Crippen molar-refractivity contribution in [3.63, 3.8) is 0 Å². The van der Waals surface area contributed by atoms with E-state index in [0.717, 1.165) is 28.9 Å². The van der Waals surface area contributed by atoms with E-state index in [0.29, 0.717) is 0 Å². The Labute approximate surface area is 127 Å². The van der Waals surface area contributed by atoms with Crippen molar-refractivity contribution >= 4 is 16.7 Å². The third-order valence-electron chi connectivity index (χ3n) is 3.27. The van der Waals surface area contributed by atoms with Crippen LogP contribution in [0.2, 0.25) is 0 Å². The predicted octanol–water partition coefficient (Wildman–Crippen LogP) is 4.27. The largest absolute Gasteiger partial charge is 0.497 e. The van der Waals surface area contributed by atoms with Gasteiger partial charge >= 0.3 is 0 Å². The number of hydrogen-bond acceptors (Lipinski definition) is 4. The molecule has 0 atom stereocenters. The number of benzene rings is 1. The molecule has 0 fully saturated rings. The molecule has 0 bridgehead atoms. The quantitative estimate of drug-likeness (QED) is 0.912. The number of anilines is 1. The summed E-state index contributed by atoms with van der Waals surface area (Å²) in [4.78, 5) is 8.73. The van der Waals surface area contributed by atoms with Gasteiger partial charge in [-0.3, -0.25) is 0 Å². The summed E-state index contributed by atoms with van der Waals surface area (Å²) in [5.41, 5.74) is 1.11. The Balaban J connectivity index is 2.37. The van der Waals surface area contributed by atoms with E-state index in [1.54, 1.807) is 13.4 Å². The molecule has 1 N–H and O–H groups in total. The number of aromatic nitrogens is 2. The third kappa shape index (κ3) is 4.06. The lowest BCUT2D eigenvalue weighted by atomic mass is 9.82. The van der Waals surface area contributed by atoms with E-state index in [-0.39, 0.29) is 11.0 Å². The zero-order valence-electron chi connectivity index (χ0n) is 13.8. The molecule has 21 heavy (non-hydrogen) atoms. The Hall–Kier alpha value is -1.84. The Kier molecular flexibility index (Phi) is 4.08. The average molecular weight is 287 g/mol. The molecule has 4 nitrogen and oxygen atoms in total. The molecule has 0 saturated heterocycles. The standard InChI is InChI=1S/C17H25N3O/c1-16(2,3)10-17(4,5)20-15-13-9-12(21-6)7-8-14(13)18-11-19-15/h7-9,11H,10H2,1-6H3,(H,18,19,20). The molecular formula is C17H25N3O. The first kappa shape index (κ1) is 15.5. The Morgan fingerprint density at radius 1 is 1.10 bits per heavy atom. The van der Waals surface area contributed by atoms with Gasteiger partial charge in [0.25, 0.3) is 0 Å². The van der Waals surface area contributed by atoms with E-state index >= 15 is 0 Å². The Morgan fingerprint density at radius 3 is 2.43 bits per heavy atom. The summed E-state index contributed by atoms with van der Waals surface area (Å²) in [7, 11) is 1.67. The molecule has 4 heteroatoms. The van der Waals surface area contributed by atoms with E-state index in [1.165, 1.54) is 0 Å². The first-order valence-electron chi connectivity index (χ1n) is 7.27. The summed E-state index contributed by atoms with van der Waals surface area (Å²) >= 11 is 0. The van der Waals surface area contributed by atoms with Gasteiger partial charge in [0.2, 0.25) is 0 Å². The van der Waals surface area contributed by atoms with Crippen LogP contribution in [0.3, 0.4) is 0 Å². The number of fused-ring (bicyclic) bond motifs is 1. The van der Waals surface area contributed by atoms with Gasteiger partial charge in [0.1, 0.15) is 17.9 Å². The number of methoxy groups -OCH3 is 1. The van der Waals surface area contributed by atoms with Crippen LogP contribution < -0.4 is 10.1 Å². The molecule has 1 heterocycles. The van der Waals surface area contributed by atoms with Gasteiger partial charge < -0.3 is 10.1 Å². The second-order valence-electron chi connectivity index (χ2n) is 7.35. The molecule has 0 saturated carbocycles. The highest BCUT2D eigenvalue weighted by molar-refractivity contribution is 5.90. The second kappa shape index (κ2) is 5.51. The van der Waals surface area contributed by atoms with Crippen molar-refractivity contribution in [2.24, 2.45) is 5.41 Å². The summed E-state index contributed by atoms with van der Waals surface area (Å²) in [5.74, 6) is 1.67. The van der Waals surface area contributed by atoms with Gasteiger partial charge in [-0.1, -0.05) is 20.8 Å². The van der Waals surface area contributed by atoms with Crippen LogP contribution in [-0.4, -0.2) is 22.6 Å². The molecule has 1 aromatic heterocycles. The van der Waals surface area contributed by atoms with E-state index in [4.69, 9.17) is 4.74 Å². The molecule has 114 valence electrons. The highest BCUT2D eigenvalue weighted by atomic mass is 16.5. The molecule has 1 aromatic carbocycles. The van der Waals surface area contributed by atoms with Gasteiger partial charge in [0.05, 0.1) is 12.6 Å². The summed E-state index contributed by atoms with van der Waals surface area (Å²) in [5, 5.41) is 4.55. The number of nitrogens with one attached hydrogen (secondary N) is 1. The lowest BCUT2D eigenvalue weighted by Gasteiger charge is -2.34. The number of hydrogen-bond donors (Lipinski definition) is 1. The van der Waals surface area contributed by atoms with Gasteiger partial charge in [0.15, 0.2) is 0 Å². The summed E-state index contributed by atoms with van der Waals surface area (Å²) in [6.07, 6.45) is 2.64. The van der Waals surface area contributed by atoms with Crippen molar-refractivity contribution in [1.82, 2.24) is 9.97 Å². The minimum atomic E-state index is -0.0530. The number of ether oxygens (including phenoxy) is 1. The molecule has 0 aliphatic rings. The van der Waals surface area contributed by atoms with Gasteiger partial charge in [-0.2, -0.15) is 0 Å². The first-order chi connectivity index (χ1) is 9.70. The van der Waals surface area contributed by atoms with Gasteiger partial charge in [-0.15, -0.1) is 0 Å². The second-order valence-corrected chi connectivity index (χ2v) is 7.35.